The first-order chi connectivity index (χ1) is 9.81. The summed E-state index contributed by atoms with van der Waals surface area (Å²) in [5.41, 5.74) is 0.470. The molecule has 1 aliphatic rings. The lowest BCUT2D eigenvalue weighted by Crippen LogP contribution is -2.32. The molecule has 5 nitrogen and oxygen atoms in total. The topological polar surface area (TPSA) is 58.1 Å². The monoisotopic (exact) mass is 276 g/mol. The van der Waals surface area contributed by atoms with Crippen LogP contribution in [0.3, 0.4) is 0 Å². The smallest absolute Gasteiger partial charge is 0.270 e. The van der Waals surface area contributed by atoms with Crippen molar-refractivity contribution < 1.29 is 4.79 Å². The van der Waals surface area contributed by atoms with E-state index in [0.717, 1.165) is 38.9 Å². The molecule has 0 radical (unpaired) electrons. The van der Waals surface area contributed by atoms with E-state index in [1.54, 1.807) is 12.3 Å². The van der Waals surface area contributed by atoms with Crippen molar-refractivity contribution >= 4 is 11.9 Å². The maximum atomic E-state index is 12.0. The summed E-state index contributed by atoms with van der Waals surface area (Å²) in [6, 6.07) is 1.68. The van der Waals surface area contributed by atoms with Crippen molar-refractivity contribution in [2.45, 2.75) is 45.4 Å². The SMILES string of the molecule is CCCCCNC(=O)c1ccnc(N2CCCCC2)n1. The van der Waals surface area contributed by atoms with Crippen LogP contribution in [-0.4, -0.2) is 35.5 Å². The summed E-state index contributed by atoms with van der Waals surface area (Å²) in [5.74, 6) is 0.590. The number of hydrogen-bond acceptors (Lipinski definition) is 4. The molecule has 0 saturated carbocycles. The van der Waals surface area contributed by atoms with Gasteiger partial charge < -0.3 is 10.2 Å². The second-order valence-corrected chi connectivity index (χ2v) is 5.25. The molecular formula is C15H24N4O. The second kappa shape index (κ2) is 7.82. The van der Waals surface area contributed by atoms with Crippen LogP contribution in [0.4, 0.5) is 5.95 Å². The van der Waals surface area contributed by atoms with Crippen LogP contribution in [-0.2, 0) is 0 Å². The van der Waals surface area contributed by atoms with Crippen molar-refractivity contribution in [2.24, 2.45) is 0 Å². The fourth-order valence-corrected chi connectivity index (χ4v) is 2.39. The number of hydrogen-bond donors (Lipinski definition) is 1. The minimum absolute atomic E-state index is 0.0956. The molecule has 1 aromatic rings. The Bertz CT molecular complexity index is 430. The van der Waals surface area contributed by atoms with Gasteiger partial charge in [-0.05, 0) is 31.7 Å². The number of piperidine rings is 1. The standard InChI is InChI=1S/C15H24N4O/c1-2-3-5-9-16-14(20)13-8-10-17-15(18-13)19-11-6-4-7-12-19/h8,10H,2-7,9,11-12H2,1H3,(H,16,20). The predicted molar refractivity (Wildman–Crippen MR) is 80.0 cm³/mol. The number of amides is 1. The molecule has 0 unspecified atom stereocenters. The third-order valence-corrected chi connectivity index (χ3v) is 3.58. The third-order valence-electron chi connectivity index (χ3n) is 3.58. The number of rotatable bonds is 6. The van der Waals surface area contributed by atoms with Crippen molar-refractivity contribution in [3.05, 3.63) is 18.0 Å². The lowest BCUT2D eigenvalue weighted by Gasteiger charge is -2.26. The summed E-state index contributed by atoms with van der Waals surface area (Å²) in [6.07, 6.45) is 8.62. The minimum Gasteiger partial charge on any atom is -0.351 e. The van der Waals surface area contributed by atoms with Crippen molar-refractivity contribution in [2.75, 3.05) is 24.5 Å². The zero-order chi connectivity index (χ0) is 14.2. The summed E-state index contributed by atoms with van der Waals surface area (Å²) in [6.45, 7) is 4.84. The first-order valence-electron chi connectivity index (χ1n) is 7.67. The van der Waals surface area contributed by atoms with Gasteiger partial charge in [-0.25, -0.2) is 9.97 Å². The van der Waals surface area contributed by atoms with Gasteiger partial charge >= 0.3 is 0 Å². The van der Waals surface area contributed by atoms with Crippen LogP contribution in [0.2, 0.25) is 0 Å². The lowest BCUT2D eigenvalue weighted by molar-refractivity contribution is 0.0948. The molecule has 2 rings (SSSR count). The van der Waals surface area contributed by atoms with Gasteiger partial charge in [-0.2, -0.15) is 0 Å². The molecule has 5 heteroatoms. The molecule has 0 bridgehead atoms. The molecule has 110 valence electrons. The molecule has 0 atom stereocenters. The quantitative estimate of drug-likeness (QED) is 0.811. The van der Waals surface area contributed by atoms with Crippen molar-refractivity contribution in [1.29, 1.82) is 0 Å². The fourth-order valence-electron chi connectivity index (χ4n) is 2.39. The number of carbonyl (C=O) groups is 1. The summed E-state index contributed by atoms with van der Waals surface area (Å²) in [4.78, 5) is 22.9. The van der Waals surface area contributed by atoms with Gasteiger partial charge in [0, 0.05) is 25.8 Å². The van der Waals surface area contributed by atoms with Crippen LogP contribution in [0.1, 0.15) is 55.9 Å². The Labute approximate surface area is 120 Å². The van der Waals surface area contributed by atoms with Gasteiger partial charge in [0.2, 0.25) is 5.95 Å². The molecule has 1 N–H and O–H groups in total. The second-order valence-electron chi connectivity index (χ2n) is 5.25. The Morgan fingerprint density at radius 1 is 1.30 bits per heavy atom. The predicted octanol–water partition coefficient (Wildman–Crippen LogP) is 2.39. The average Bonchev–Trinajstić information content (AvgIpc) is 2.52. The molecule has 1 fully saturated rings. The molecule has 1 aromatic heterocycles. The van der Waals surface area contributed by atoms with Crippen LogP contribution in [0.15, 0.2) is 12.3 Å². The lowest BCUT2D eigenvalue weighted by atomic mass is 10.1. The molecule has 20 heavy (non-hydrogen) atoms. The van der Waals surface area contributed by atoms with Gasteiger partial charge in [-0.3, -0.25) is 4.79 Å². The molecule has 1 saturated heterocycles. The molecule has 1 amide bonds. The number of carbonyl (C=O) groups excluding carboxylic acids is 1. The van der Waals surface area contributed by atoms with E-state index in [2.05, 4.69) is 27.1 Å². The van der Waals surface area contributed by atoms with Gasteiger partial charge in [-0.15, -0.1) is 0 Å². The van der Waals surface area contributed by atoms with E-state index in [1.165, 1.54) is 19.3 Å². The molecular weight excluding hydrogens is 252 g/mol. The van der Waals surface area contributed by atoms with E-state index in [1.807, 2.05) is 0 Å². The van der Waals surface area contributed by atoms with Crippen LogP contribution >= 0.6 is 0 Å². The molecule has 1 aliphatic heterocycles. The Balaban J connectivity index is 1.92. The Kier molecular flexibility index (Phi) is 5.77. The van der Waals surface area contributed by atoms with Crippen molar-refractivity contribution in [1.82, 2.24) is 15.3 Å². The highest BCUT2D eigenvalue weighted by Crippen LogP contribution is 2.15. The van der Waals surface area contributed by atoms with Crippen molar-refractivity contribution in [3.63, 3.8) is 0 Å². The van der Waals surface area contributed by atoms with Gasteiger partial charge in [0.05, 0.1) is 0 Å². The van der Waals surface area contributed by atoms with Gasteiger partial charge in [-0.1, -0.05) is 19.8 Å². The Morgan fingerprint density at radius 2 is 2.10 bits per heavy atom. The highest BCUT2D eigenvalue weighted by molar-refractivity contribution is 5.92. The van der Waals surface area contributed by atoms with E-state index >= 15 is 0 Å². The van der Waals surface area contributed by atoms with Crippen LogP contribution in [0.25, 0.3) is 0 Å². The number of anilines is 1. The third kappa shape index (κ3) is 4.18. The van der Waals surface area contributed by atoms with Gasteiger partial charge in [0.1, 0.15) is 5.69 Å². The molecule has 2 heterocycles. The summed E-state index contributed by atoms with van der Waals surface area (Å²) < 4.78 is 0. The molecule has 0 spiro atoms. The fraction of sp³-hybridized carbons (Fsp3) is 0.667. The minimum atomic E-state index is -0.0956. The first kappa shape index (κ1) is 14.8. The molecule has 0 aromatic carbocycles. The first-order valence-corrected chi connectivity index (χ1v) is 7.67. The highest BCUT2D eigenvalue weighted by atomic mass is 16.1. The number of aromatic nitrogens is 2. The highest BCUT2D eigenvalue weighted by Gasteiger charge is 2.15. The number of nitrogens with one attached hydrogen (secondary N) is 1. The van der Waals surface area contributed by atoms with E-state index in [-0.39, 0.29) is 5.91 Å². The largest absolute Gasteiger partial charge is 0.351 e. The van der Waals surface area contributed by atoms with Crippen molar-refractivity contribution in [3.8, 4) is 0 Å². The maximum Gasteiger partial charge on any atom is 0.270 e. The number of nitrogens with zero attached hydrogens (tertiary/aromatic N) is 3. The summed E-state index contributed by atoms with van der Waals surface area (Å²) in [5, 5.41) is 2.92. The zero-order valence-corrected chi connectivity index (χ0v) is 12.3. The number of unbranched alkanes of at least 4 members (excludes halogenated alkanes) is 2. The Hall–Kier alpha value is -1.65. The van der Waals surface area contributed by atoms with E-state index in [4.69, 9.17) is 0 Å². The van der Waals surface area contributed by atoms with E-state index in [0.29, 0.717) is 11.6 Å². The molecule has 0 aliphatic carbocycles. The van der Waals surface area contributed by atoms with Crippen LogP contribution in [0, 0.1) is 0 Å². The summed E-state index contributed by atoms with van der Waals surface area (Å²) in [7, 11) is 0. The Morgan fingerprint density at radius 3 is 2.85 bits per heavy atom. The van der Waals surface area contributed by atoms with E-state index in [9.17, 15) is 4.79 Å². The van der Waals surface area contributed by atoms with Crippen LogP contribution < -0.4 is 10.2 Å². The maximum absolute atomic E-state index is 12.0. The summed E-state index contributed by atoms with van der Waals surface area (Å²) >= 11 is 0. The van der Waals surface area contributed by atoms with Gasteiger partial charge in [0.15, 0.2) is 0 Å². The van der Waals surface area contributed by atoms with E-state index < -0.39 is 0 Å². The average molecular weight is 276 g/mol. The van der Waals surface area contributed by atoms with Crippen LogP contribution in [0.5, 0.6) is 0 Å². The van der Waals surface area contributed by atoms with Gasteiger partial charge in [0.25, 0.3) is 5.91 Å². The normalized spacial score (nSPS) is 15.2. The zero-order valence-electron chi connectivity index (χ0n) is 12.3.